The van der Waals surface area contributed by atoms with Gasteiger partial charge in [-0.25, -0.2) is 0 Å². The lowest BCUT2D eigenvalue weighted by molar-refractivity contribution is -0.138. The fourth-order valence-electron chi connectivity index (χ4n) is 2.18. The Hall–Kier alpha value is -1.23. The molecule has 0 unspecified atom stereocenters. The van der Waals surface area contributed by atoms with Crippen LogP contribution in [0.2, 0.25) is 0 Å². The number of benzene rings is 1. The number of hydrogen-bond donors (Lipinski definition) is 1. The number of hydrogen-bond acceptors (Lipinski definition) is 2. The predicted octanol–water partition coefficient (Wildman–Crippen LogP) is 3.18. The van der Waals surface area contributed by atoms with Crippen molar-refractivity contribution in [2.45, 2.75) is 24.9 Å². The first-order chi connectivity index (χ1) is 7.98. The summed E-state index contributed by atoms with van der Waals surface area (Å²) in [5, 5.41) is 0. The molecule has 0 amide bonds. The maximum absolute atomic E-state index is 12.9. The van der Waals surface area contributed by atoms with E-state index in [4.69, 9.17) is 10.5 Å². The van der Waals surface area contributed by atoms with Crippen LogP contribution in [0.25, 0.3) is 0 Å². The first-order valence-electron chi connectivity index (χ1n) is 5.53. The van der Waals surface area contributed by atoms with E-state index in [-0.39, 0.29) is 11.6 Å². The molecule has 0 atom stereocenters. The lowest BCUT2D eigenvalue weighted by Gasteiger charge is -2.25. The molecule has 1 heterocycles. The molecule has 0 aliphatic carbocycles. The van der Waals surface area contributed by atoms with Crippen molar-refractivity contribution in [3.05, 3.63) is 29.3 Å². The number of ether oxygens (including phenoxy) is 1. The van der Waals surface area contributed by atoms with Crippen LogP contribution >= 0.6 is 0 Å². The monoisotopic (exact) mass is 245 g/mol. The predicted molar refractivity (Wildman–Crippen MR) is 58.7 cm³/mol. The Bertz CT molecular complexity index is 397. The Morgan fingerprint density at radius 1 is 1.18 bits per heavy atom. The summed E-state index contributed by atoms with van der Waals surface area (Å²) >= 11 is 0. The molecule has 2 N–H and O–H groups in total. The number of nitrogen functional groups attached to an aromatic ring is 1. The van der Waals surface area contributed by atoms with Crippen molar-refractivity contribution in [3.63, 3.8) is 0 Å². The zero-order valence-electron chi connectivity index (χ0n) is 9.26. The molecule has 1 aromatic rings. The summed E-state index contributed by atoms with van der Waals surface area (Å²) in [6.07, 6.45) is -3.08. The standard InChI is InChI=1S/C12H14F3NO/c13-12(14,15)11-7-9(16)1-2-10(11)8-3-5-17-6-4-8/h1-2,7-8H,3-6,16H2. The van der Waals surface area contributed by atoms with E-state index in [2.05, 4.69) is 0 Å². The van der Waals surface area contributed by atoms with E-state index in [1.54, 1.807) is 0 Å². The summed E-state index contributed by atoms with van der Waals surface area (Å²) in [6, 6.07) is 4.04. The Kier molecular flexibility index (Phi) is 3.28. The van der Waals surface area contributed by atoms with Gasteiger partial charge < -0.3 is 10.5 Å². The minimum absolute atomic E-state index is 0.0824. The smallest absolute Gasteiger partial charge is 0.399 e. The zero-order chi connectivity index (χ0) is 12.5. The van der Waals surface area contributed by atoms with Crippen LogP contribution in [0, 0.1) is 0 Å². The molecule has 94 valence electrons. The molecule has 17 heavy (non-hydrogen) atoms. The Morgan fingerprint density at radius 3 is 2.41 bits per heavy atom. The lowest BCUT2D eigenvalue weighted by Crippen LogP contribution is -2.18. The summed E-state index contributed by atoms with van der Waals surface area (Å²) in [7, 11) is 0. The van der Waals surface area contributed by atoms with Gasteiger partial charge in [-0.05, 0) is 36.5 Å². The highest BCUT2D eigenvalue weighted by Gasteiger charge is 2.35. The number of anilines is 1. The van der Waals surface area contributed by atoms with E-state index in [9.17, 15) is 13.2 Å². The first kappa shape index (κ1) is 12.2. The molecule has 0 bridgehead atoms. The molecule has 0 spiro atoms. The second-order valence-electron chi connectivity index (χ2n) is 4.23. The van der Waals surface area contributed by atoms with Crippen LogP contribution < -0.4 is 5.73 Å². The fraction of sp³-hybridized carbons (Fsp3) is 0.500. The second-order valence-corrected chi connectivity index (χ2v) is 4.23. The van der Waals surface area contributed by atoms with Crippen molar-refractivity contribution in [2.75, 3.05) is 18.9 Å². The van der Waals surface area contributed by atoms with Gasteiger partial charge in [0, 0.05) is 18.9 Å². The van der Waals surface area contributed by atoms with Crippen molar-refractivity contribution in [2.24, 2.45) is 0 Å². The van der Waals surface area contributed by atoms with E-state index in [0.717, 1.165) is 6.07 Å². The Morgan fingerprint density at radius 2 is 1.82 bits per heavy atom. The number of rotatable bonds is 1. The average molecular weight is 245 g/mol. The van der Waals surface area contributed by atoms with E-state index in [0.29, 0.717) is 31.6 Å². The van der Waals surface area contributed by atoms with Gasteiger partial charge in [-0.3, -0.25) is 0 Å². The van der Waals surface area contributed by atoms with Gasteiger partial charge in [0.1, 0.15) is 0 Å². The second kappa shape index (κ2) is 4.56. The van der Waals surface area contributed by atoms with Crippen molar-refractivity contribution in [1.29, 1.82) is 0 Å². The van der Waals surface area contributed by atoms with Crippen molar-refractivity contribution in [3.8, 4) is 0 Å². The van der Waals surface area contributed by atoms with Gasteiger partial charge in [0.05, 0.1) is 5.56 Å². The maximum Gasteiger partial charge on any atom is 0.416 e. The molecule has 1 aliphatic heterocycles. The molecule has 1 fully saturated rings. The number of halogens is 3. The molecule has 1 aliphatic rings. The highest BCUT2D eigenvalue weighted by atomic mass is 19.4. The number of nitrogens with two attached hydrogens (primary N) is 1. The summed E-state index contributed by atoms with van der Waals surface area (Å²) in [4.78, 5) is 0. The third-order valence-electron chi connectivity index (χ3n) is 3.04. The highest BCUT2D eigenvalue weighted by molar-refractivity contribution is 5.47. The van der Waals surface area contributed by atoms with Crippen LogP contribution in [0.4, 0.5) is 18.9 Å². The SMILES string of the molecule is Nc1ccc(C2CCOCC2)c(C(F)(F)F)c1. The summed E-state index contributed by atoms with van der Waals surface area (Å²) in [6.45, 7) is 1.04. The van der Waals surface area contributed by atoms with Crippen LogP contribution in [0.1, 0.15) is 29.9 Å². The van der Waals surface area contributed by atoms with Crippen molar-refractivity contribution >= 4 is 5.69 Å². The van der Waals surface area contributed by atoms with Crippen LogP contribution in [0.3, 0.4) is 0 Å². The van der Waals surface area contributed by atoms with Gasteiger partial charge in [0.25, 0.3) is 0 Å². The molecular formula is C12H14F3NO. The zero-order valence-corrected chi connectivity index (χ0v) is 9.26. The molecule has 0 radical (unpaired) electrons. The topological polar surface area (TPSA) is 35.2 Å². The summed E-state index contributed by atoms with van der Waals surface area (Å²) < 4.78 is 43.9. The largest absolute Gasteiger partial charge is 0.416 e. The Balaban J connectivity index is 2.38. The molecule has 2 rings (SSSR count). The molecule has 0 saturated carbocycles. The minimum Gasteiger partial charge on any atom is -0.399 e. The quantitative estimate of drug-likeness (QED) is 0.771. The molecule has 1 saturated heterocycles. The summed E-state index contributed by atoms with van der Waals surface area (Å²) in [5.74, 6) is -0.0824. The molecule has 0 aromatic heterocycles. The summed E-state index contributed by atoms with van der Waals surface area (Å²) in [5.41, 5.74) is 5.31. The van der Waals surface area contributed by atoms with Gasteiger partial charge in [-0.2, -0.15) is 13.2 Å². The van der Waals surface area contributed by atoms with E-state index < -0.39 is 11.7 Å². The van der Waals surface area contributed by atoms with Crippen LogP contribution in [-0.2, 0) is 10.9 Å². The third kappa shape index (κ3) is 2.72. The van der Waals surface area contributed by atoms with Crippen molar-refractivity contribution in [1.82, 2.24) is 0 Å². The molecule has 2 nitrogen and oxygen atoms in total. The normalized spacial score (nSPS) is 18.3. The molecular weight excluding hydrogens is 231 g/mol. The first-order valence-corrected chi connectivity index (χ1v) is 5.53. The van der Waals surface area contributed by atoms with Gasteiger partial charge in [-0.1, -0.05) is 6.07 Å². The van der Waals surface area contributed by atoms with Crippen molar-refractivity contribution < 1.29 is 17.9 Å². The minimum atomic E-state index is -4.34. The maximum atomic E-state index is 12.9. The fourth-order valence-corrected chi connectivity index (χ4v) is 2.18. The average Bonchev–Trinajstić information content (AvgIpc) is 2.29. The number of alkyl halides is 3. The lowest BCUT2D eigenvalue weighted by atomic mass is 9.88. The van der Waals surface area contributed by atoms with Gasteiger partial charge >= 0.3 is 6.18 Å². The Labute approximate surface area is 97.6 Å². The van der Waals surface area contributed by atoms with E-state index in [1.165, 1.54) is 12.1 Å². The van der Waals surface area contributed by atoms with Crippen LogP contribution in [-0.4, -0.2) is 13.2 Å². The van der Waals surface area contributed by atoms with Gasteiger partial charge in [0.2, 0.25) is 0 Å². The third-order valence-corrected chi connectivity index (χ3v) is 3.04. The van der Waals surface area contributed by atoms with Crippen LogP contribution in [0.15, 0.2) is 18.2 Å². The van der Waals surface area contributed by atoms with Crippen LogP contribution in [0.5, 0.6) is 0 Å². The van der Waals surface area contributed by atoms with E-state index in [1.807, 2.05) is 0 Å². The highest BCUT2D eigenvalue weighted by Crippen LogP contribution is 2.39. The van der Waals surface area contributed by atoms with E-state index >= 15 is 0 Å². The van der Waals surface area contributed by atoms with Gasteiger partial charge in [0.15, 0.2) is 0 Å². The molecule has 5 heteroatoms. The van der Waals surface area contributed by atoms with Gasteiger partial charge in [-0.15, -0.1) is 0 Å². The molecule has 1 aromatic carbocycles.